The van der Waals surface area contributed by atoms with Crippen molar-refractivity contribution >= 4 is 5.78 Å². The summed E-state index contributed by atoms with van der Waals surface area (Å²) in [6.07, 6.45) is -4.08. The minimum absolute atomic E-state index is 0.152. The van der Waals surface area contributed by atoms with Crippen molar-refractivity contribution in [2.75, 3.05) is 13.2 Å². The Morgan fingerprint density at radius 1 is 1.15 bits per heavy atom. The van der Waals surface area contributed by atoms with E-state index in [0.29, 0.717) is 25.9 Å². The first kappa shape index (κ1) is 21.1. The summed E-state index contributed by atoms with van der Waals surface area (Å²) in [7, 11) is 0. The fraction of sp³-hybridized carbons (Fsp3) is 0.947. The molecule has 3 aliphatic rings. The van der Waals surface area contributed by atoms with Gasteiger partial charge in [-0.05, 0) is 38.0 Å². The van der Waals surface area contributed by atoms with Gasteiger partial charge in [0.15, 0.2) is 6.29 Å². The highest BCUT2D eigenvalue weighted by Gasteiger charge is 2.59. The van der Waals surface area contributed by atoms with Crippen molar-refractivity contribution < 1.29 is 39.4 Å². The Kier molecular flexibility index (Phi) is 5.99. The van der Waals surface area contributed by atoms with Crippen molar-refractivity contribution in [2.45, 2.75) is 88.9 Å². The van der Waals surface area contributed by atoms with E-state index in [0.717, 1.165) is 6.42 Å². The average Bonchev–Trinajstić information content (AvgIpc) is 2.74. The second-order valence-electron chi connectivity index (χ2n) is 8.91. The Balaban J connectivity index is 1.69. The van der Waals surface area contributed by atoms with Gasteiger partial charge in [-0.1, -0.05) is 6.92 Å². The number of rotatable bonds is 6. The molecule has 3 rings (SSSR count). The van der Waals surface area contributed by atoms with Crippen LogP contribution in [-0.2, 0) is 19.0 Å². The van der Waals surface area contributed by atoms with Gasteiger partial charge in [-0.15, -0.1) is 0 Å². The third kappa shape index (κ3) is 3.94. The van der Waals surface area contributed by atoms with Crippen molar-refractivity contribution in [3.63, 3.8) is 0 Å². The molecule has 1 saturated carbocycles. The van der Waals surface area contributed by atoms with Gasteiger partial charge < -0.3 is 39.4 Å². The lowest BCUT2D eigenvalue weighted by atomic mass is 9.61. The molecule has 2 bridgehead atoms. The largest absolute Gasteiger partial charge is 0.394 e. The fourth-order valence-corrected chi connectivity index (χ4v) is 5.18. The summed E-state index contributed by atoms with van der Waals surface area (Å²) in [5.74, 6) is 0.407. The summed E-state index contributed by atoms with van der Waals surface area (Å²) in [6, 6.07) is 0. The molecule has 3 fully saturated rings. The molecule has 2 saturated heterocycles. The lowest BCUT2D eigenvalue weighted by Crippen LogP contribution is -2.60. The molecule has 0 aromatic heterocycles. The van der Waals surface area contributed by atoms with E-state index in [1.807, 2.05) is 6.92 Å². The Bertz CT molecular complexity index is 534. The highest BCUT2D eigenvalue weighted by atomic mass is 16.7. The summed E-state index contributed by atoms with van der Waals surface area (Å²) in [6.45, 7) is 5.86. The predicted octanol–water partition coefficient (Wildman–Crippen LogP) is -0.254. The number of ketones is 1. The number of carbonyl (C=O) groups excluding carboxylic acids is 1. The number of fused-ring (bicyclic) bond motifs is 2. The van der Waals surface area contributed by atoms with Gasteiger partial charge >= 0.3 is 0 Å². The van der Waals surface area contributed by atoms with Crippen molar-refractivity contribution in [3.8, 4) is 0 Å². The zero-order valence-corrected chi connectivity index (χ0v) is 16.2. The number of hydrogen-bond donors (Lipinski definition) is 4. The van der Waals surface area contributed by atoms with Crippen LogP contribution in [0.2, 0.25) is 0 Å². The molecular weight excluding hydrogens is 356 g/mol. The van der Waals surface area contributed by atoms with Gasteiger partial charge in [0.2, 0.25) is 0 Å². The van der Waals surface area contributed by atoms with Crippen LogP contribution in [0, 0.1) is 11.3 Å². The molecule has 156 valence electrons. The Morgan fingerprint density at radius 3 is 2.44 bits per heavy atom. The van der Waals surface area contributed by atoms with Crippen LogP contribution in [0.15, 0.2) is 0 Å². The molecule has 9 atom stereocenters. The minimum atomic E-state index is -1.45. The summed E-state index contributed by atoms with van der Waals surface area (Å²) < 4.78 is 17.6. The van der Waals surface area contributed by atoms with E-state index in [1.165, 1.54) is 0 Å². The maximum Gasteiger partial charge on any atom is 0.186 e. The topological polar surface area (TPSA) is 126 Å². The van der Waals surface area contributed by atoms with E-state index in [4.69, 9.17) is 14.2 Å². The molecule has 8 heteroatoms. The zero-order chi connectivity index (χ0) is 20.0. The SMILES string of the molecule is CC(=O)CC[C@@H]1C2(C)COC1(C)C[C@@H](O[C@@H]1O[C@H](CO)[C@@H](O)[C@H](O)[C@H]1O)C2. The standard InChI is InChI=1S/C19H32O8/c1-10(21)4-5-13-18(2)6-11(7-19(13,3)25-9-18)26-17-16(24)15(23)14(22)12(8-20)27-17/h11-17,20,22-24H,4-9H2,1-3H3/t11-,12+,13+,14+,15-,16+,17+,18?,19?/m0/s1. The number of hydrogen-bond acceptors (Lipinski definition) is 8. The highest BCUT2D eigenvalue weighted by molar-refractivity contribution is 5.75. The fourth-order valence-electron chi connectivity index (χ4n) is 5.18. The number of Topliss-reactive ketones (excluding diaryl/α,β-unsaturated/α-hetero) is 1. The minimum Gasteiger partial charge on any atom is -0.394 e. The molecule has 2 aliphatic heterocycles. The molecule has 1 aliphatic carbocycles. The van der Waals surface area contributed by atoms with Crippen molar-refractivity contribution in [1.29, 1.82) is 0 Å². The van der Waals surface area contributed by atoms with Gasteiger partial charge in [-0.3, -0.25) is 0 Å². The molecule has 4 N–H and O–H groups in total. The van der Waals surface area contributed by atoms with Crippen molar-refractivity contribution in [1.82, 2.24) is 0 Å². The van der Waals surface area contributed by atoms with Crippen LogP contribution in [0.4, 0.5) is 0 Å². The lowest BCUT2D eigenvalue weighted by Gasteiger charge is -2.47. The molecule has 0 radical (unpaired) electrons. The summed E-state index contributed by atoms with van der Waals surface area (Å²) in [5.41, 5.74) is -0.581. The van der Waals surface area contributed by atoms with Gasteiger partial charge in [0.05, 0.1) is 24.9 Å². The van der Waals surface area contributed by atoms with Crippen LogP contribution in [0.25, 0.3) is 0 Å². The van der Waals surface area contributed by atoms with Crippen LogP contribution in [-0.4, -0.2) is 81.8 Å². The Labute approximate surface area is 159 Å². The number of aliphatic hydroxyl groups excluding tert-OH is 4. The van der Waals surface area contributed by atoms with E-state index < -0.39 is 42.9 Å². The maximum absolute atomic E-state index is 11.4. The molecule has 0 aromatic rings. The van der Waals surface area contributed by atoms with Crippen molar-refractivity contribution in [3.05, 3.63) is 0 Å². The third-order valence-corrected chi connectivity index (χ3v) is 6.60. The second-order valence-corrected chi connectivity index (χ2v) is 8.91. The molecular formula is C19H32O8. The van der Waals surface area contributed by atoms with E-state index in [1.54, 1.807) is 6.92 Å². The normalized spacial score (nSPS) is 50.0. The smallest absolute Gasteiger partial charge is 0.186 e. The highest BCUT2D eigenvalue weighted by Crippen LogP contribution is 2.56. The molecule has 8 nitrogen and oxygen atoms in total. The molecule has 0 amide bonds. The van der Waals surface area contributed by atoms with Crippen LogP contribution in [0.1, 0.15) is 46.5 Å². The van der Waals surface area contributed by atoms with E-state index >= 15 is 0 Å². The number of carbonyl (C=O) groups is 1. The van der Waals surface area contributed by atoms with Gasteiger partial charge in [-0.2, -0.15) is 0 Å². The maximum atomic E-state index is 11.4. The monoisotopic (exact) mass is 388 g/mol. The van der Waals surface area contributed by atoms with Gasteiger partial charge in [0.1, 0.15) is 30.2 Å². The van der Waals surface area contributed by atoms with Crippen LogP contribution in [0.3, 0.4) is 0 Å². The first-order valence-electron chi connectivity index (χ1n) is 9.69. The number of aliphatic hydroxyl groups is 4. The Morgan fingerprint density at radius 2 is 1.85 bits per heavy atom. The number of ether oxygens (including phenoxy) is 3. The van der Waals surface area contributed by atoms with Gasteiger partial charge in [0, 0.05) is 12.8 Å². The first-order chi connectivity index (χ1) is 12.6. The van der Waals surface area contributed by atoms with E-state index in [9.17, 15) is 25.2 Å². The molecule has 27 heavy (non-hydrogen) atoms. The van der Waals surface area contributed by atoms with E-state index in [2.05, 4.69) is 6.92 Å². The van der Waals surface area contributed by atoms with E-state index in [-0.39, 0.29) is 23.2 Å². The van der Waals surface area contributed by atoms with Gasteiger partial charge in [-0.25, -0.2) is 0 Å². The van der Waals surface area contributed by atoms with Crippen LogP contribution >= 0.6 is 0 Å². The molecule has 2 heterocycles. The predicted molar refractivity (Wildman–Crippen MR) is 93.7 cm³/mol. The average molecular weight is 388 g/mol. The summed E-state index contributed by atoms with van der Waals surface area (Å²) in [4.78, 5) is 11.4. The summed E-state index contributed by atoms with van der Waals surface area (Å²) in [5, 5.41) is 39.4. The van der Waals surface area contributed by atoms with Crippen LogP contribution < -0.4 is 0 Å². The molecule has 0 aromatic carbocycles. The second kappa shape index (κ2) is 7.67. The third-order valence-electron chi connectivity index (χ3n) is 6.60. The molecule has 0 spiro atoms. The first-order valence-corrected chi connectivity index (χ1v) is 9.69. The zero-order valence-electron chi connectivity index (χ0n) is 16.2. The lowest BCUT2D eigenvalue weighted by molar-refractivity contribution is -0.317. The van der Waals surface area contributed by atoms with Crippen LogP contribution in [0.5, 0.6) is 0 Å². The quantitative estimate of drug-likeness (QED) is 0.491. The Hall–Kier alpha value is -0.610. The summed E-state index contributed by atoms with van der Waals surface area (Å²) >= 11 is 0. The van der Waals surface area contributed by atoms with Crippen molar-refractivity contribution in [2.24, 2.45) is 11.3 Å². The molecule has 2 unspecified atom stereocenters. The van der Waals surface area contributed by atoms with Gasteiger partial charge in [0.25, 0.3) is 0 Å².